The molecule has 0 unspecified atom stereocenters. The van der Waals surface area contributed by atoms with Crippen molar-refractivity contribution < 1.29 is 14.3 Å². The van der Waals surface area contributed by atoms with Crippen molar-refractivity contribution in [1.29, 1.82) is 0 Å². The standard InChI is InChI=1S/C23H29N3O3S/c1-17-11-13-26(14-12-17)20-7-3-18(4-8-20)24-22(27)15-30-16-23(28)25-19-5-9-21(29-2)10-6-19/h3-10,17H,11-16H2,1-2H3,(H,24,27)(H,25,28). The minimum atomic E-state index is -0.141. The fraction of sp³-hybridized carbons (Fsp3) is 0.391. The van der Waals surface area contributed by atoms with Gasteiger partial charge in [-0.25, -0.2) is 0 Å². The van der Waals surface area contributed by atoms with Crippen LogP contribution in [0.15, 0.2) is 48.5 Å². The van der Waals surface area contributed by atoms with Gasteiger partial charge < -0.3 is 20.3 Å². The van der Waals surface area contributed by atoms with Gasteiger partial charge in [0.2, 0.25) is 11.8 Å². The molecule has 160 valence electrons. The van der Waals surface area contributed by atoms with E-state index >= 15 is 0 Å². The summed E-state index contributed by atoms with van der Waals surface area (Å²) in [7, 11) is 1.60. The normalized spacial score (nSPS) is 14.3. The number of piperidine rings is 1. The minimum Gasteiger partial charge on any atom is -0.497 e. The molecule has 2 N–H and O–H groups in total. The number of thioether (sulfide) groups is 1. The Balaban J connectivity index is 1.37. The quantitative estimate of drug-likeness (QED) is 0.659. The molecule has 0 bridgehead atoms. The molecule has 0 spiro atoms. The zero-order valence-corrected chi connectivity index (χ0v) is 18.3. The zero-order valence-electron chi connectivity index (χ0n) is 17.5. The lowest BCUT2D eigenvalue weighted by atomic mass is 9.99. The maximum Gasteiger partial charge on any atom is 0.234 e. The first-order valence-electron chi connectivity index (χ1n) is 10.2. The Morgan fingerprint density at radius 1 is 0.933 bits per heavy atom. The van der Waals surface area contributed by atoms with Crippen LogP contribution >= 0.6 is 11.8 Å². The number of methoxy groups -OCH3 is 1. The van der Waals surface area contributed by atoms with E-state index in [9.17, 15) is 9.59 Å². The molecule has 1 aliphatic rings. The summed E-state index contributed by atoms with van der Waals surface area (Å²) in [6.45, 7) is 4.47. The van der Waals surface area contributed by atoms with E-state index in [0.717, 1.165) is 30.4 Å². The fourth-order valence-corrected chi connectivity index (χ4v) is 3.94. The topological polar surface area (TPSA) is 70.7 Å². The highest BCUT2D eigenvalue weighted by atomic mass is 32.2. The molecule has 1 heterocycles. The molecule has 2 aromatic carbocycles. The SMILES string of the molecule is COc1ccc(NC(=O)CSCC(=O)Nc2ccc(N3CCC(C)CC3)cc2)cc1. The number of nitrogens with one attached hydrogen (secondary N) is 2. The van der Waals surface area contributed by atoms with Crippen LogP contribution in [0.4, 0.5) is 17.1 Å². The van der Waals surface area contributed by atoms with E-state index in [4.69, 9.17) is 4.74 Å². The third-order valence-electron chi connectivity index (χ3n) is 5.14. The van der Waals surface area contributed by atoms with Gasteiger partial charge in [-0.3, -0.25) is 9.59 Å². The van der Waals surface area contributed by atoms with E-state index in [1.54, 1.807) is 31.4 Å². The number of benzene rings is 2. The second-order valence-electron chi connectivity index (χ2n) is 7.53. The smallest absolute Gasteiger partial charge is 0.234 e. The van der Waals surface area contributed by atoms with Gasteiger partial charge in [-0.1, -0.05) is 6.92 Å². The van der Waals surface area contributed by atoms with Gasteiger partial charge in [0, 0.05) is 30.2 Å². The number of hydrogen-bond donors (Lipinski definition) is 2. The van der Waals surface area contributed by atoms with Crippen LogP contribution in [0, 0.1) is 5.92 Å². The maximum absolute atomic E-state index is 12.2. The molecule has 1 fully saturated rings. The van der Waals surface area contributed by atoms with Gasteiger partial charge in [0.15, 0.2) is 0 Å². The predicted molar refractivity (Wildman–Crippen MR) is 125 cm³/mol. The number of amides is 2. The molecule has 0 radical (unpaired) electrons. The van der Waals surface area contributed by atoms with Crippen LogP contribution in [0.1, 0.15) is 19.8 Å². The Hall–Kier alpha value is -2.67. The van der Waals surface area contributed by atoms with Crippen LogP contribution in [0.2, 0.25) is 0 Å². The number of anilines is 3. The third-order valence-corrected chi connectivity index (χ3v) is 6.07. The number of carbonyl (C=O) groups excluding carboxylic acids is 2. The van der Waals surface area contributed by atoms with E-state index in [2.05, 4.69) is 34.6 Å². The Kier molecular flexibility index (Phi) is 8.02. The van der Waals surface area contributed by atoms with Crippen LogP contribution in [0.5, 0.6) is 5.75 Å². The molecule has 6 nitrogen and oxygen atoms in total. The molecule has 2 amide bonds. The van der Waals surface area contributed by atoms with Gasteiger partial charge >= 0.3 is 0 Å². The summed E-state index contributed by atoms with van der Waals surface area (Å²) in [5.74, 6) is 1.72. The summed E-state index contributed by atoms with van der Waals surface area (Å²) in [5, 5.41) is 5.70. The predicted octanol–water partition coefficient (Wildman–Crippen LogP) is 4.24. The van der Waals surface area contributed by atoms with E-state index in [-0.39, 0.29) is 23.3 Å². The first kappa shape index (κ1) is 22.0. The Labute approximate surface area is 182 Å². The van der Waals surface area contributed by atoms with Gasteiger partial charge in [0.05, 0.1) is 18.6 Å². The second-order valence-corrected chi connectivity index (χ2v) is 8.52. The van der Waals surface area contributed by atoms with Crippen molar-refractivity contribution in [3.8, 4) is 5.75 Å². The minimum absolute atomic E-state index is 0.114. The van der Waals surface area contributed by atoms with Crippen LogP contribution in [-0.4, -0.2) is 43.5 Å². The molecule has 0 saturated carbocycles. The lowest BCUT2D eigenvalue weighted by Crippen LogP contribution is -2.32. The van der Waals surface area contributed by atoms with E-state index < -0.39 is 0 Å². The van der Waals surface area contributed by atoms with Crippen LogP contribution in [0.3, 0.4) is 0 Å². The summed E-state index contributed by atoms with van der Waals surface area (Å²) in [6, 6.07) is 15.1. The lowest BCUT2D eigenvalue weighted by Gasteiger charge is -2.32. The van der Waals surface area contributed by atoms with Crippen LogP contribution in [-0.2, 0) is 9.59 Å². The Morgan fingerprint density at radius 2 is 1.43 bits per heavy atom. The number of rotatable bonds is 8. The van der Waals surface area contributed by atoms with Crippen LogP contribution in [0.25, 0.3) is 0 Å². The van der Waals surface area contributed by atoms with Gasteiger partial charge in [-0.15, -0.1) is 11.8 Å². The molecular formula is C23H29N3O3S. The monoisotopic (exact) mass is 427 g/mol. The number of ether oxygens (including phenoxy) is 1. The molecule has 0 aromatic heterocycles. The number of nitrogens with zero attached hydrogens (tertiary/aromatic N) is 1. The van der Waals surface area contributed by atoms with Crippen molar-refractivity contribution >= 4 is 40.6 Å². The molecule has 30 heavy (non-hydrogen) atoms. The lowest BCUT2D eigenvalue weighted by molar-refractivity contribution is -0.114. The van der Waals surface area contributed by atoms with Crippen molar-refractivity contribution in [1.82, 2.24) is 0 Å². The van der Waals surface area contributed by atoms with Crippen molar-refractivity contribution in [2.75, 3.05) is 47.2 Å². The van der Waals surface area contributed by atoms with Crippen LogP contribution < -0.4 is 20.3 Å². The molecule has 1 saturated heterocycles. The summed E-state index contributed by atoms with van der Waals surface area (Å²) >= 11 is 1.28. The highest BCUT2D eigenvalue weighted by molar-refractivity contribution is 8.00. The molecule has 7 heteroatoms. The first-order valence-corrected chi connectivity index (χ1v) is 11.4. The zero-order chi connectivity index (χ0) is 21.3. The Bertz CT molecular complexity index is 832. The summed E-state index contributed by atoms with van der Waals surface area (Å²) in [4.78, 5) is 26.6. The highest BCUT2D eigenvalue weighted by Crippen LogP contribution is 2.24. The molecule has 1 aliphatic heterocycles. The van der Waals surface area contributed by atoms with Gasteiger partial charge in [0.25, 0.3) is 0 Å². The summed E-state index contributed by atoms with van der Waals surface area (Å²) < 4.78 is 5.09. The van der Waals surface area contributed by atoms with Crippen molar-refractivity contribution in [2.45, 2.75) is 19.8 Å². The van der Waals surface area contributed by atoms with Gasteiger partial charge in [-0.05, 0) is 67.3 Å². The van der Waals surface area contributed by atoms with E-state index in [1.807, 2.05) is 12.1 Å². The molecule has 0 aliphatic carbocycles. The largest absolute Gasteiger partial charge is 0.497 e. The van der Waals surface area contributed by atoms with Crippen molar-refractivity contribution in [3.63, 3.8) is 0 Å². The molecule has 2 aromatic rings. The average Bonchev–Trinajstić information content (AvgIpc) is 2.75. The van der Waals surface area contributed by atoms with Gasteiger partial charge in [0.1, 0.15) is 5.75 Å². The van der Waals surface area contributed by atoms with Crippen molar-refractivity contribution in [2.24, 2.45) is 5.92 Å². The van der Waals surface area contributed by atoms with Gasteiger partial charge in [-0.2, -0.15) is 0 Å². The van der Waals surface area contributed by atoms with Crippen molar-refractivity contribution in [3.05, 3.63) is 48.5 Å². The second kappa shape index (κ2) is 10.9. The average molecular weight is 428 g/mol. The van der Waals surface area contributed by atoms with E-state index in [0.29, 0.717) is 5.69 Å². The van der Waals surface area contributed by atoms with E-state index in [1.165, 1.54) is 30.3 Å². The molecule has 3 rings (SSSR count). The Morgan fingerprint density at radius 3 is 1.93 bits per heavy atom. The fourth-order valence-electron chi connectivity index (χ4n) is 3.33. The highest BCUT2D eigenvalue weighted by Gasteiger charge is 2.16. The summed E-state index contributed by atoms with van der Waals surface area (Å²) in [6.07, 6.45) is 2.45. The first-order chi connectivity index (χ1) is 14.5. The maximum atomic E-state index is 12.2. The molecular weight excluding hydrogens is 398 g/mol. The molecule has 0 atom stereocenters. The third kappa shape index (κ3) is 6.69. The number of hydrogen-bond acceptors (Lipinski definition) is 5. The number of carbonyl (C=O) groups is 2. The summed E-state index contributed by atoms with van der Waals surface area (Å²) in [5.41, 5.74) is 2.68.